The highest BCUT2D eigenvalue weighted by Crippen LogP contribution is 2.09. The zero-order chi connectivity index (χ0) is 12.7. The first kappa shape index (κ1) is 13.5. The highest BCUT2D eigenvalue weighted by atomic mass is 32.1. The lowest BCUT2D eigenvalue weighted by molar-refractivity contribution is -0.136. The van der Waals surface area contributed by atoms with Gasteiger partial charge in [-0.3, -0.25) is 4.79 Å². The van der Waals surface area contributed by atoms with Crippen molar-refractivity contribution in [3.63, 3.8) is 0 Å². The largest absolute Gasteiger partial charge is 0.481 e. The smallest absolute Gasteiger partial charge is 0.317 e. The predicted octanol–water partition coefficient (Wildman–Crippen LogP) is 1.41. The number of amides is 2. The van der Waals surface area contributed by atoms with E-state index in [0.29, 0.717) is 6.54 Å². The molecule has 0 spiro atoms. The van der Waals surface area contributed by atoms with Crippen molar-refractivity contribution in [2.24, 2.45) is 0 Å². The summed E-state index contributed by atoms with van der Waals surface area (Å²) in [5.74, 6) is -0.911. The van der Waals surface area contributed by atoms with Gasteiger partial charge in [-0.05, 0) is 17.9 Å². The van der Waals surface area contributed by atoms with E-state index in [1.165, 1.54) is 4.88 Å². The molecule has 0 bridgehead atoms. The molecule has 0 aliphatic rings. The van der Waals surface area contributed by atoms with Crippen molar-refractivity contribution < 1.29 is 14.7 Å². The normalized spacial score (nSPS) is 9.94. The molecule has 2 N–H and O–H groups in total. The Labute approximate surface area is 104 Å². The van der Waals surface area contributed by atoms with Gasteiger partial charge in [0, 0.05) is 25.0 Å². The topological polar surface area (TPSA) is 69.6 Å². The molecule has 1 aromatic heterocycles. The number of carboxylic acids is 1. The Morgan fingerprint density at radius 1 is 1.53 bits per heavy atom. The van der Waals surface area contributed by atoms with Gasteiger partial charge in [-0.15, -0.1) is 11.3 Å². The molecule has 6 heteroatoms. The first-order chi connectivity index (χ1) is 8.09. The van der Waals surface area contributed by atoms with E-state index < -0.39 is 5.97 Å². The van der Waals surface area contributed by atoms with Crippen molar-refractivity contribution in [1.29, 1.82) is 0 Å². The average molecular weight is 256 g/mol. The molecule has 0 aliphatic carbocycles. The van der Waals surface area contributed by atoms with E-state index >= 15 is 0 Å². The van der Waals surface area contributed by atoms with E-state index in [0.717, 1.165) is 6.42 Å². The molecule has 0 atom stereocenters. The molecule has 1 heterocycles. The van der Waals surface area contributed by atoms with Crippen LogP contribution in [-0.2, 0) is 11.2 Å². The van der Waals surface area contributed by atoms with E-state index in [-0.39, 0.29) is 19.0 Å². The molecule has 0 fully saturated rings. The number of nitrogens with one attached hydrogen (secondary N) is 1. The van der Waals surface area contributed by atoms with E-state index in [1.54, 1.807) is 23.3 Å². The number of aliphatic carboxylic acids is 1. The molecule has 17 heavy (non-hydrogen) atoms. The highest BCUT2D eigenvalue weighted by molar-refractivity contribution is 7.09. The minimum Gasteiger partial charge on any atom is -0.481 e. The summed E-state index contributed by atoms with van der Waals surface area (Å²) in [7, 11) is 1.70. The Morgan fingerprint density at radius 2 is 2.29 bits per heavy atom. The third-order valence-electron chi connectivity index (χ3n) is 2.24. The van der Waals surface area contributed by atoms with Crippen LogP contribution in [0.3, 0.4) is 0 Å². The summed E-state index contributed by atoms with van der Waals surface area (Å²) < 4.78 is 0. The van der Waals surface area contributed by atoms with Crippen LogP contribution in [0.15, 0.2) is 17.5 Å². The molecule has 1 rings (SSSR count). The molecule has 1 aromatic rings. The maximum absolute atomic E-state index is 11.5. The SMILES string of the molecule is CN(CCc1cccs1)C(=O)NCCC(=O)O. The Balaban J connectivity index is 2.20. The monoisotopic (exact) mass is 256 g/mol. The molecule has 2 amide bonds. The molecule has 0 saturated heterocycles. The number of carbonyl (C=O) groups is 2. The van der Waals surface area contributed by atoms with Gasteiger partial charge in [0.25, 0.3) is 0 Å². The van der Waals surface area contributed by atoms with Crippen LogP contribution in [-0.4, -0.2) is 42.1 Å². The summed E-state index contributed by atoms with van der Waals surface area (Å²) in [6, 6.07) is 3.77. The van der Waals surface area contributed by atoms with Crippen LogP contribution in [0.4, 0.5) is 4.79 Å². The average Bonchev–Trinajstić information content (AvgIpc) is 2.78. The quantitative estimate of drug-likeness (QED) is 0.808. The van der Waals surface area contributed by atoms with E-state index in [2.05, 4.69) is 5.32 Å². The molecule has 0 aromatic carbocycles. The van der Waals surface area contributed by atoms with E-state index in [9.17, 15) is 9.59 Å². The minimum atomic E-state index is -0.911. The second-order valence-corrected chi connectivity index (χ2v) is 4.66. The lowest BCUT2D eigenvalue weighted by Gasteiger charge is -2.17. The predicted molar refractivity (Wildman–Crippen MR) is 66.3 cm³/mol. The van der Waals surface area contributed by atoms with Crippen LogP contribution in [0.25, 0.3) is 0 Å². The second kappa shape index (κ2) is 6.90. The summed E-state index contributed by atoms with van der Waals surface area (Å²) in [4.78, 5) is 24.6. The number of likely N-dealkylation sites (N-methyl/N-ethyl adjacent to an activating group) is 1. The number of nitrogens with zero attached hydrogens (tertiary/aromatic N) is 1. The van der Waals surface area contributed by atoms with E-state index in [4.69, 9.17) is 5.11 Å². The molecule has 0 radical (unpaired) electrons. The molecule has 0 saturated carbocycles. The third kappa shape index (κ3) is 5.35. The Bertz CT molecular complexity index is 365. The summed E-state index contributed by atoms with van der Waals surface area (Å²) in [5.41, 5.74) is 0. The Hall–Kier alpha value is -1.56. The minimum absolute atomic E-state index is 0.0511. The zero-order valence-corrected chi connectivity index (χ0v) is 10.5. The molecule has 5 nitrogen and oxygen atoms in total. The van der Waals surface area contributed by atoms with Gasteiger partial charge in [0.2, 0.25) is 0 Å². The van der Waals surface area contributed by atoms with Crippen molar-refractivity contribution in [3.05, 3.63) is 22.4 Å². The van der Waals surface area contributed by atoms with Crippen molar-refractivity contribution in [2.45, 2.75) is 12.8 Å². The molecular weight excluding hydrogens is 240 g/mol. The molecule has 0 unspecified atom stereocenters. The summed E-state index contributed by atoms with van der Waals surface area (Å²) in [6.07, 6.45) is 0.769. The maximum atomic E-state index is 11.5. The van der Waals surface area contributed by atoms with Crippen LogP contribution in [0.2, 0.25) is 0 Å². The summed E-state index contributed by atoms with van der Waals surface area (Å²) >= 11 is 1.66. The van der Waals surface area contributed by atoms with Crippen LogP contribution >= 0.6 is 11.3 Å². The Kier molecular flexibility index (Phi) is 5.48. The fourth-order valence-corrected chi connectivity index (χ4v) is 1.94. The fourth-order valence-electron chi connectivity index (χ4n) is 1.25. The summed E-state index contributed by atoms with van der Waals surface area (Å²) in [5, 5.41) is 13.0. The van der Waals surface area contributed by atoms with Crippen molar-refractivity contribution in [1.82, 2.24) is 10.2 Å². The standard InChI is InChI=1S/C11H16N2O3S/c1-13(7-5-9-3-2-8-17-9)11(16)12-6-4-10(14)15/h2-3,8H,4-7H2,1H3,(H,12,16)(H,14,15). The first-order valence-corrected chi connectivity index (χ1v) is 6.20. The number of hydrogen-bond donors (Lipinski definition) is 2. The number of carbonyl (C=O) groups excluding carboxylic acids is 1. The zero-order valence-electron chi connectivity index (χ0n) is 9.68. The molecule has 94 valence electrons. The van der Waals surface area contributed by atoms with Crippen LogP contribution < -0.4 is 5.32 Å². The number of urea groups is 1. The van der Waals surface area contributed by atoms with Gasteiger partial charge >= 0.3 is 12.0 Å². The van der Waals surface area contributed by atoms with Gasteiger partial charge in [0.15, 0.2) is 0 Å². The van der Waals surface area contributed by atoms with Gasteiger partial charge in [0.05, 0.1) is 6.42 Å². The van der Waals surface area contributed by atoms with Crippen LogP contribution in [0, 0.1) is 0 Å². The van der Waals surface area contributed by atoms with Crippen molar-refractivity contribution in [3.8, 4) is 0 Å². The maximum Gasteiger partial charge on any atom is 0.317 e. The second-order valence-electron chi connectivity index (χ2n) is 3.63. The number of thiophene rings is 1. The first-order valence-electron chi connectivity index (χ1n) is 5.32. The molecular formula is C11H16N2O3S. The number of carboxylic acid groups (broad SMARTS) is 1. The van der Waals surface area contributed by atoms with E-state index in [1.807, 2.05) is 17.5 Å². The van der Waals surface area contributed by atoms with Crippen molar-refractivity contribution >= 4 is 23.3 Å². The lowest BCUT2D eigenvalue weighted by Crippen LogP contribution is -2.39. The van der Waals surface area contributed by atoms with Gasteiger partial charge in [-0.1, -0.05) is 6.07 Å². The van der Waals surface area contributed by atoms with Gasteiger partial charge in [-0.25, -0.2) is 4.79 Å². The molecule has 0 aliphatic heterocycles. The van der Waals surface area contributed by atoms with Gasteiger partial charge < -0.3 is 15.3 Å². The van der Waals surface area contributed by atoms with Crippen LogP contribution in [0.1, 0.15) is 11.3 Å². The van der Waals surface area contributed by atoms with Gasteiger partial charge in [-0.2, -0.15) is 0 Å². The Morgan fingerprint density at radius 3 is 2.88 bits per heavy atom. The fraction of sp³-hybridized carbons (Fsp3) is 0.455. The summed E-state index contributed by atoms with van der Waals surface area (Å²) in [6.45, 7) is 0.789. The van der Waals surface area contributed by atoms with Crippen molar-refractivity contribution in [2.75, 3.05) is 20.1 Å². The van der Waals surface area contributed by atoms with Crippen LogP contribution in [0.5, 0.6) is 0 Å². The number of hydrogen-bond acceptors (Lipinski definition) is 3. The van der Waals surface area contributed by atoms with Gasteiger partial charge in [0.1, 0.15) is 0 Å². The lowest BCUT2D eigenvalue weighted by atomic mass is 10.3. The third-order valence-corrected chi connectivity index (χ3v) is 3.17. The number of rotatable bonds is 6. The highest BCUT2D eigenvalue weighted by Gasteiger charge is 2.08.